The fraction of sp³-hybridized carbons (Fsp3) is 0.400. The van der Waals surface area contributed by atoms with Crippen molar-refractivity contribution in [2.75, 3.05) is 6.61 Å². The lowest BCUT2D eigenvalue weighted by atomic mass is 10.0. The van der Waals surface area contributed by atoms with Crippen LogP contribution in [-0.4, -0.2) is 11.7 Å². The first-order chi connectivity index (χ1) is 6.70. The van der Waals surface area contributed by atoms with E-state index < -0.39 is 17.7 Å². The third kappa shape index (κ3) is 1.46. The first-order valence-corrected chi connectivity index (χ1v) is 4.49. The zero-order chi connectivity index (χ0) is 10.1. The van der Waals surface area contributed by atoms with Gasteiger partial charge >= 0.3 is 0 Å². The number of ether oxygens (including phenoxy) is 1. The lowest BCUT2D eigenvalue weighted by Gasteiger charge is -2.11. The quantitative estimate of drug-likeness (QED) is 0.695. The van der Waals surface area contributed by atoms with Crippen molar-refractivity contribution in [3.8, 4) is 5.75 Å². The fourth-order valence-corrected chi connectivity index (χ4v) is 1.56. The Labute approximate surface area is 80.1 Å². The molecule has 1 heterocycles. The summed E-state index contributed by atoms with van der Waals surface area (Å²) in [4.78, 5) is 0. The zero-order valence-electron chi connectivity index (χ0n) is 7.46. The number of aliphatic hydroxyl groups is 1. The Morgan fingerprint density at radius 3 is 2.93 bits per heavy atom. The molecule has 0 radical (unpaired) electrons. The van der Waals surface area contributed by atoms with Gasteiger partial charge in [-0.1, -0.05) is 0 Å². The smallest absolute Gasteiger partial charge is 0.200 e. The van der Waals surface area contributed by atoms with Gasteiger partial charge < -0.3 is 9.84 Å². The van der Waals surface area contributed by atoms with Crippen molar-refractivity contribution in [1.82, 2.24) is 0 Å². The summed E-state index contributed by atoms with van der Waals surface area (Å²) in [6.45, 7) is 0.310. The van der Waals surface area contributed by atoms with Crippen molar-refractivity contribution in [2.45, 2.75) is 18.9 Å². The van der Waals surface area contributed by atoms with Gasteiger partial charge in [-0.3, -0.25) is 0 Å². The lowest BCUT2D eigenvalue weighted by Crippen LogP contribution is -2.01. The summed E-state index contributed by atoms with van der Waals surface area (Å²) < 4.78 is 31.1. The second-order valence-electron chi connectivity index (χ2n) is 3.29. The minimum Gasteiger partial charge on any atom is -0.490 e. The van der Waals surface area contributed by atoms with Crippen molar-refractivity contribution in [3.63, 3.8) is 0 Å². The van der Waals surface area contributed by atoms with Gasteiger partial charge in [0.2, 0.25) is 5.82 Å². The van der Waals surface area contributed by atoms with Crippen LogP contribution >= 0.6 is 0 Å². The molecule has 0 spiro atoms. The molecule has 0 fully saturated rings. The first-order valence-electron chi connectivity index (χ1n) is 4.49. The van der Waals surface area contributed by atoms with Gasteiger partial charge in [-0.2, -0.15) is 4.39 Å². The molecule has 1 atom stereocenters. The molecular formula is C10H10F2O2. The van der Waals surface area contributed by atoms with Crippen LogP contribution in [0.2, 0.25) is 0 Å². The molecule has 1 N–H and O–H groups in total. The number of halogens is 2. The highest BCUT2D eigenvalue weighted by atomic mass is 19.2. The van der Waals surface area contributed by atoms with E-state index in [0.29, 0.717) is 25.0 Å². The van der Waals surface area contributed by atoms with Crippen LogP contribution < -0.4 is 4.74 Å². The SMILES string of the molecule is OC1CCCOc2c1ccc(F)c2F. The summed E-state index contributed by atoms with van der Waals surface area (Å²) in [5.41, 5.74) is 0.335. The molecule has 2 rings (SSSR count). The van der Waals surface area contributed by atoms with Gasteiger partial charge in [0, 0.05) is 5.56 Å². The molecule has 0 aromatic heterocycles. The molecule has 1 aromatic rings. The predicted octanol–water partition coefficient (Wildman–Crippen LogP) is 2.17. The zero-order valence-corrected chi connectivity index (χ0v) is 7.46. The minimum atomic E-state index is -1.01. The number of benzene rings is 1. The average molecular weight is 200 g/mol. The molecule has 0 aliphatic carbocycles. The lowest BCUT2D eigenvalue weighted by molar-refractivity contribution is 0.167. The minimum absolute atomic E-state index is 0.144. The van der Waals surface area contributed by atoms with Crippen molar-refractivity contribution < 1.29 is 18.6 Å². The predicted molar refractivity (Wildman–Crippen MR) is 46.0 cm³/mol. The topological polar surface area (TPSA) is 29.5 Å². The summed E-state index contributed by atoms with van der Waals surface area (Å²) in [5.74, 6) is -2.10. The van der Waals surface area contributed by atoms with Crippen molar-refractivity contribution >= 4 is 0 Å². The van der Waals surface area contributed by atoms with Gasteiger partial charge in [-0.15, -0.1) is 0 Å². The molecule has 0 saturated heterocycles. The number of rotatable bonds is 0. The van der Waals surface area contributed by atoms with Crippen LogP contribution in [0.3, 0.4) is 0 Å². The average Bonchev–Trinajstić information content (AvgIpc) is 2.35. The Hall–Kier alpha value is -1.16. The van der Waals surface area contributed by atoms with Crippen LogP contribution in [0, 0.1) is 11.6 Å². The Kier molecular flexibility index (Phi) is 2.37. The van der Waals surface area contributed by atoms with Gasteiger partial charge in [0.1, 0.15) is 0 Å². The fourth-order valence-electron chi connectivity index (χ4n) is 1.56. The Bertz CT molecular complexity index is 352. The van der Waals surface area contributed by atoms with Gasteiger partial charge in [-0.05, 0) is 25.0 Å². The highest BCUT2D eigenvalue weighted by Crippen LogP contribution is 2.34. The third-order valence-electron chi connectivity index (χ3n) is 2.31. The van der Waals surface area contributed by atoms with E-state index in [0.717, 1.165) is 6.07 Å². The molecule has 14 heavy (non-hydrogen) atoms. The van der Waals surface area contributed by atoms with Gasteiger partial charge in [0.05, 0.1) is 12.7 Å². The molecule has 4 heteroatoms. The molecule has 0 bridgehead atoms. The number of hydrogen-bond acceptors (Lipinski definition) is 2. The van der Waals surface area contributed by atoms with E-state index in [2.05, 4.69) is 0 Å². The molecule has 2 nitrogen and oxygen atoms in total. The number of fused-ring (bicyclic) bond motifs is 1. The number of hydrogen-bond donors (Lipinski definition) is 1. The molecular weight excluding hydrogens is 190 g/mol. The molecule has 1 unspecified atom stereocenters. The monoisotopic (exact) mass is 200 g/mol. The van der Waals surface area contributed by atoms with Gasteiger partial charge in [0.25, 0.3) is 0 Å². The molecule has 0 amide bonds. The molecule has 1 aliphatic rings. The van der Waals surface area contributed by atoms with Crippen LogP contribution in [0.1, 0.15) is 24.5 Å². The van der Waals surface area contributed by atoms with Crippen LogP contribution in [0.4, 0.5) is 8.78 Å². The maximum Gasteiger partial charge on any atom is 0.200 e. The Morgan fingerprint density at radius 1 is 1.36 bits per heavy atom. The van der Waals surface area contributed by atoms with E-state index in [-0.39, 0.29) is 5.75 Å². The highest BCUT2D eigenvalue weighted by molar-refractivity contribution is 5.37. The van der Waals surface area contributed by atoms with E-state index in [1.807, 2.05) is 0 Å². The largest absolute Gasteiger partial charge is 0.490 e. The summed E-state index contributed by atoms with van der Waals surface area (Å²) in [6.07, 6.45) is 0.386. The standard InChI is InChI=1S/C10H10F2O2/c11-7-4-3-6-8(13)2-1-5-14-10(6)9(7)12/h3-4,8,13H,1-2,5H2. The maximum atomic E-state index is 13.2. The van der Waals surface area contributed by atoms with Crippen molar-refractivity contribution in [2.24, 2.45) is 0 Å². The molecule has 1 aromatic carbocycles. The van der Waals surface area contributed by atoms with E-state index in [1.54, 1.807) is 0 Å². The maximum absolute atomic E-state index is 13.2. The normalized spacial score (nSPS) is 20.9. The molecule has 76 valence electrons. The van der Waals surface area contributed by atoms with Crippen LogP contribution in [0.5, 0.6) is 5.75 Å². The summed E-state index contributed by atoms with van der Waals surface area (Å²) in [7, 11) is 0. The van der Waals surface area contributed by atoms with Crippen molar-refractivity contribution in [1.29, 1.82) is 0 Å². The van der Waals surface area contributed by atoms with E-state index in [9.17, 15) is 13.9 Å². The second kappa shape index (κ2) is 3.53. The van der Waals surface area contributed by atoms with Gasteiger partial charge in [-0.25, -0.2) is 4.39 Å². The molecule has 1 aliphatic heterocycles. The third-order valence-corrected chi connectivity index (χ3v) is 2.31. The molecule has 0 saturated carbocycles. The highest BCUT2D eigenvalue weighted by Gasteiger charge is 2.22. The summed E-state index contributed by atoms with van der Waals surface area (Å²) >= 11 is 0. The summed E-state index contributed by atoms with van der Waals surface area (Å²) in [5, 5.41) is 9.59. The van der Waals surface area contributed by atoms with E-state index in [4.69, 9.17) is 4.74 Å². The van der Waals surface area contributed by atoms with E-state index >= 15 is 0 Å². The van der Waals surface area contributed by atoms with Crippen molar-refractivity contribution in [3.05, 3.63) is 29.3 Å². The van der Waals surface area contributed by atoms with Gasteiger partial charge in [0.15, 0.2) is 11.6 Å². The van der Waals surface area contributed by atoms with Crippen LogP contribution in [0.15, 0.2) is 12.1 Å². The van der Waals surface area contributed by atoms with E-state index in [1.165, 1.54) is 6.07 Å². The van der Waals surface area contributed by atoms with Crippen LogP contribution in [-0.2, 0) is 0 Å². The Balaban J connectivity index is 2.53. The first kappa shape index (κ1) is 9.40. The Morgan fingerprint density at radius 2 is 2.14 bits per heavy atom. The second-order valence-corrected chi connectivity index (χ2v) is 3.29. The van der Waals surface area contributed by atoms with Crippen LogP contribution in [0.25, 0.3) is 0 Å². The number of aliphatic hydroxyl groups excluding tert-OH is 1. The summed E-state index contributed by atoms with van der Waals surface area (Å²) in [6, 6.07) is 2.37.